The van der Waals surface area contributed by atoms with Gasteiger partial charge in [0.05, 0.1) is 5.69 Å². The van der Waals surface area contributed by atoms with Gasteiger partial charge in [0.15, 0.2) is 5.15 Å². The fourth-order valence-electron chi connectivity index (χ4n) is 1.28. The molecule has 0 aliphatic rings. The van der Waals surface area contributed by atoms with Gasteiger partial charge in [-0.3, -0.25) is 0 Å². The molecule has 0 aromatic carbocycles. The second kappa shape index (κ2) is 7.14. The van der Waals surface area contributed by atoms with Crippen molar-refractivity contribution in [2.24, 2.45) is 0 Å². The lowest BCUT2D eigenvalue weighted by Crippen LogP contribution is -2.07. The average Bonchev–Trinajstić information content (AvgIpc) is 2.32. The molecule has 1 aromatic heterocycles. The Morgan fingerprint density at radius 1 is 0.941 bits per heavy atom. The van der Waals surface area contributed by atoms with E-state index in [2.05, 4.69) is 29.5 Å². The minimum atomic E-state index is 0.258. The molecule has 0 saturated carbocycles. The Kier molecular flexibility index (Phi) is 6.17. The van der Waals surface area contributed by atoms with Crippen LogP contribution in [-0.4, -0.2) is 18.1 Å². The van der Waals surface area contributed by atoms with Crippen LogP contribution in [-0.2, 0) is 0 Å². The summed E-state index contributed by atoms with van der Waals surface area (Å²) in [6.07, 6.45) is 1.96. The standard InChI is InChI=1S/C11H16Cl3N3/c1-3-5-15-9-7(12)10(14)17-11(8(9)13)16-6-4-2/h3-6H2,1-2H3,(H2,15,16,17). The Balaban J connectivity index is 3.04. The van der Waals surface area contributed by atoms with Crippen molar-refractivity contribution < 1.29 is 0 Å². The van der Waals surface area contributed by atoms with Crippen molar-refractivity contribution in [3.05, 3.63) is 15.2 Å². The first-order valence-electron chi connectivity index (χ1n) is 5.64. The van der Waals surface area contributed by atoms with Crippen LogP contribution in [0.25, 0.3) is 0 Å². The van der Waals surface area contributed by atoms with Crippen LogP contribution in [0.1, 0.15) is 26.7 Å². The van der Waals surface area contributed by atoms with Gasteiger partial charge in [-0.25, -0.2) is 4.98 Å². The molecule has 1 rings (SSSR count). The van der Waals surface area contributed by atoms with Crippen molar-refractivity contribution in [3.8, 4) is 0 Å². The molecule has 6 heteroatoms. The number of rotatable bonds is 6. The largest absolute Gasteiger partial charge is 0.382 e. The first-order chi connectivity index (χ1) is 8.11. The normalized spacial score (nSPS) is 10.4. The summed E-state index contributed by atoms with van der Waals surface area (Å²) in [5.41, 5.74) is 0.647. The molecular formula is C11H16Cl3N3. The van der Waals surface area contributed by atoms with E-state index in [0.29, 0.717) is 21.6 Å². The predicted molar refractivity (Wildman–Crippen MR) is 76.8 cm³/mol. The lowest BCUT2D eigenvalue weighted by Gasteiger charge is -2.14. The third-order valence-electron chi connectivity index (χ3n) is 2.13. The van der Waals surface area contributed by atoms with E-state index in [9.17, 15) is 0 Å². The van der Waals surface area contributed by atoms with E-state index in [4.69, 9.17) is 34.8 Å². The van der Waals surface area contributed by atoms with Gasteiger partial charge in [-0.15, -0.1) is 0 Å². The molecule has 0 aliphatic heterocycles. The summed E-state index contributed by atoms with van der Waals surface area (Å²) >= 11 is 18.3. The Hall–Kier alpha value is -0.380. The maximum atomic E-state index is 6.23. The van der Waals surface area contributed by atoms with Crippen molar-refractivity contribution in [1.29, 1.82) is 0 Å². The van der Waals surface area contributed by atoms with Gasteiger partial charge in [-0.05, 0) is 12.8 Å². The van der Waals surface area contributed by atoms with E-state index in [1.807, 2.05) is 0 Å². The van der Waals surface area contributed by atoms with Crippen LogP contribution in [0.15, 0.2) is 0 Å². The second-order valence-corrected chi connectivity index (χ2v) is 4.72. The molecule has 0 bridgehead atoms. The van der Waals surface area contributed by atoms with Gasteiger partial charge in [-0.1, -0.05) is 48.7 Å². The lowest BCUT2D eigenvalue weighted by molar-refractivity contribution is 0.965. The smallest absolute Gasteiger partial charge is 0.152 e. The number of nitrogens with zero attached hydrogens (tertiary/aromatic N) is 1. The monoisotopic (exact) mass is 295 g/mol. The quantitative estimate of drug-likeness (QED) is 0.748. The highest BCUT2D eigenvalue weighted by Crippen LogP contribution is 2.39. The molecule has 0 fully saturated rings. The summed E-state index contributed by atoms with van der Waals surface area (Å²) in [5, 5.41) is 7.39. The summed E-state index contributed by atoms with van der Waals surface area (Å²) < 4.78 is 0. The van der Waals surface area contributed by atoms with Gasteiger partial charge in [-0.2, -0.15) is 0 Å². The molecule has 0 unspecified atom stereocenters. The minimum absolute atomic E-state index is 0.258. The molecular weight excluding hydrogens is 281 g/mol. The van der Waals surface area contributed by atoms with Gasteiger partial charge in [0, 0.05) is 13.1 Å². The summed E-state index contributed by atoms with van der Waals surface area (Å²) in [6.45, 7) is 5.70. The molecule has 0 atom stereocenters. The van der Waals surface area contributed by atoms with Crippen LogP contribution in [0.4, 0.5) is 11.5 Å². The lowest BCUT2D eigenvalue weighted by atomic mass is 10.3. The highest BCUT2D eigenvalue weighted by molar-refractivity contribution is 6.46. The van der Waals surface area contributed by atoms with Crippen LogP contribution in [0.3, 0.4) is 0 Å². The van der Waals surface area contributed by atoms with Crippen LogP contribution in [0, 0.1) is 0 Å². The molecule has 2 N–H and O–H groups in total. The van der Waals surface area contributed by atoms with Crippen molar-refractivity contribution >= 4 is 46.3 Å². The van der Waals surface area contributed by atoms with Crippen molar-refractivity contribution in [2.45, 2.75) is 26.7 Å². The maximum absolute atomic E-state index is 6.23. The van der Waals surface area contributed by atoms with E-state index in [1.165, 1.54) is 0 Å². The van der Waals surface area contributed by atoms with E-state index >= 15 is 0 Å². The molecule has 1 aromatic rings. The van der Waals surface area contributed by atoms with Gasteiger partial charge >= 0.3 is 0 Å². The molecule has 0 aliphatic carbocycles. The van der Waals surface area contributed by atoms with Crippen LogP contribution in [0.5, 0.6) is 0 Å². The molecule has 1 heterocycles. The molecule has 0 amide bonds. The highest BCUT2D eigenvalue weighted by Gasteiger charge is 2.15. The summed E-state index contributed by atoms with van der Waals surface area (Å²) in [7, 11) is 0. The molecule has 17 heavy (non-hydrogen) atoms. The number of nitrogens with one attached hydrogen (secondary N) is 2. The first kappa shape index (κ1) is 14.7. The first-order valence-corrected chi connectivity index (χ1v) is 6.77. The molecule has 0 radical (unpaired) electrons. The third kappa shape index (κ3) is 3.80. The minimum Gasteiger partial charge on any atom is -0.382 e. The topological polar surface area (TPSA) is 37.0 Å². The number of hydrogen-bond donors (Lipinski definition) is 2. The highest BCUT2D eigenvalue weighted by atomic mass is 35.5. The molecule has 96 valence electrons. The van der Waals surface area contributed by atoms with Crippen LogP contribution >= 0.6 is 34.8 Å². The number of hydrogen-bond acceptors (Lipinski definition) is 3. The SMILES string of the molecule is CCCNc1nc(Cl)c(Cl)c(NCCC)c1Cl. The van der Waals surface area contributed by atoms with Crippen LogP contribution < -0.4 is 10.6 Å². The fourth-order valence-corrected chi connectivity index (χ4v) is 1.98. The molecule has 0 saturated heterocycles. The summed E-state index contributed by atoms with van der Waals surface area (Å²) in [6, 6.07) is 0. The Morgan fingerprint density at radius 3 is 2.12 bits per heavy atom. The fraction of sp³-hybridized carbons (Fsp3) is 0.545. The average molecular weight is 297 g/mol. The second-order valence-electron chi connectivity index (χ2n) is 3.61. The Morgan fingerprint density at radius 2 is 1.53 bits per heavy atom. The number of halogens is 3. The zero-order valence-electron chi connectivity index (χ0n) is 9.91. The predicted octanol–water partition coefficient (Wildman–Crippen LogP) is 4.69. The van der Waals surface area contributed by atoms with Crippen molar-refractivity contribution in [1.82, 2.24) is 4.98 Å². The van der Waals surface area contributed by atoms with E-state index in [0.717, 1.165) is 25.9 Å². The zero-order chi connectivity index (χ0) is 12.8. The van der Waals surface area contributed by atoms with Crippen LogP contribution in [0.2, 0.25) is 15.2 Å². The van der Waals surface area contributed by atoms with Gasteiger partial charge in [0.2, 0.25) is 0 Å². The van der Waals surface area contributed by atoms with E-state index in [-0.39, 0.29) is 5.15 Å². The number of anilines is 2. The summed E-state index contributed by atoms with van der Waals surface area (Å²) in [5.74, 6) is 0.571. The van der Waals surface area contributed by atoms with Gasteiger partial charge < -0.3 is 10.6 Å². The molecule has 3 nitrogen and oxygen atoms in total. The number of pyridine rings is 1. The summed E-state index contributed by atoms with van der Waals surface area (Å²) in [4.78, 5) is 4.13. The Bertz CT molecular complexity index is 383. The van der Waals surface area contributed by atoms with Gasteiger partial charge in [0.1, 0.15) is 15.9 Å². The van der Waals surface area contributed by atoms with E-state index < -0.39 is 0 Å². The van der Waals surface area contributed by atoms with Crippen molar-refractivity contribution in [2.75, 3.05) is 23.7 Å². The maximum Gasteiger partial charge on any atom is 0.152 e. The third-order valence-corrected chi connectivity index (χ3v) is 3.24. The number of aromatic nitrogens is 1. The van der Waals surface area contributed by atoms with E-state index in [1.54, 1.807) is 0 Å². The zero-order valence-corrected chi connectivity index (χ0v) is 12.2. The van der Waals surface area contributed by atoms with Crippen molar-refractivity contribution in [3.63, 3.8) is 0 Å². The Labute approximate surface area is 117 Å². The van der Waals surface area contributed by atoms with Gasteiger partial charge in [0.25, 0.3) is 0 Å². The molecule has 0 spiro atoms.